The molecular formula is C26H24FN3O8. The van der Waals surface area contributed by atoms with Crippen molar-refractivity contribution in [2.24, 2.45) is 0 Å². The van der Waals surface area contributed by atoms with Gasteiger partial charge in [0, 0.05) is 30.9 Å². The number of unbranched alkanes of at least 4 members (excludes halogenated alkanes) is 1. The Morgan fingerprint density at radius 3 is 2.66 bits per heavy atom. The first-order chi connectivity index (χ1) is 18.3. The Morgan fingerprint density at radius 2 is 1.92 bits per heavy atom. The second kappa shape index (κ2) is 11.7. The average Bonchev–Trinajstić information content (AvgIpc) is 3.44. The van der Waals surface area contributed by atoms with Gasteiger partial charge in [0.2, 0.25) is 11.7 Å². The van der Waals surface area contributed by atoms with Crippen molar-refractivity contribution in [3.63, 3.8) is 0 Å². The van der Waals surface area contributed by atoms with Crippen molar-refractivity contribution in [2.75, 3.05) is 6.61 Å². The summed E-state index contributed by atoms with van der Waals surface area (Å²) in [7, 11) is 0. The van der Waals surface area contributed by atoms with Gasteiger partial charge in [-0.05, 0) is 43.5 Å². The average molecular weight is 525 g/mol. The molecule has 0 spiro atoms. The van der Waals surface area contributed by atoms with Gasteiger partial charge in [-0.15, -0.1) is 0 Å². The largest absolute Gasteiger partial charge is 0.426 e. The molecular weight excluding hydrogens is 501 g/mol. The highest BCUT2D eigenvalue weighted by molar-refractivity contribution is 5.99. The summed E-state index contributed by atoms with van der Waals surface area (Å²) in [4.78, 5) is 66.8. The van der Waals surface area contributed by atoms with Crippen LogP contribution in [0.5, 0.6) is 11.6 Å². The summed E-state index contributed by atoms with van der Waals surface area (Å²) in [6, 6.07) is 7.74. The summed E-state index contributed by atoms with van der Waals surface area (Å²) in [5.41, 5.74) is -2.81. The van der Waals surface area contributed by atoms with E-state index in [-0.39, 0.29) is 33.7 Å². The van der Waals surface area contributed by atoms with E-state index in [2.05, 4.69) is 4.98 Å². The molecule has 1 unspecified atom stereocenters. The third kappa shape index (κ3) is 5.92. The molecule has 0 amide bonds. The molecule has 0 bridgehead atoms. The number of carbonyl (C=O) groups is 3. The van der Waals surface area contributed by atoms with Gasteiger partial charge in [0.1, 0.15) is 12.0 Å². The van der Waals surface area contributed by atoms with Crippen LogP contribution in [0.2, 0.25) is 0 Å². The van der Waals surface area contributed by atoms with Crippen LogP contribution in [0, 0.1) is 5.82 Å². The number of rotatable bonds is 8. The minimum atomic E-state index is -1.42. The molecule has 12 heteroatoms. The summed E-state index contributed by atoms with van der Waals surface area (Å²) in [6.07, 6.45) is 4.00. The van der Waals surface area contributed by atoms with Gasteiger partial charge in [0.05, 0.1) is 11.8 Å². The molecule has 0 radical (unpaired) electrons. The number of pyridine rings is 1. The molecule has 11 nitrogen and oxygen atoms in total. The van der Waals surface area contributed by atoms with Crippen molar-refractivity contribution in [3.05, 3.63) is 86.6 Å². The molecule has 3 aromatic rings. The van der Waals surface area contributed by atoms with E-state index in [1.165, 1.54) is 36.5 Å². The number of nitrogens with zero attached hydrogens (tertiary/aromatic N) is 3. The van der Waals surface area contributed by atoms with Crippen molar-refractivity contribution in [1.29, 1.82) is 0 Å². The predicted molar refractivity (Wildman–Crippen MR) is 130 cm³/mol. The van der Waals surface area contributed by atoms with Crippen LogP contribution < -0.4 is 20.7 Å². The highest BCUT2D eigenvalue weighted by Crippen LogP contribution is 2.21. The number of carbonyl (C=O) groups excluding carboxylic acids is 3. The molecule has 0 saturated carbocycles. The van der Waals surface area contributed by atoms with E-state index in [4.69, 9.17) is 14.2 Å². The molecule has 1 fully saturated rings. The first kappa shape index (κ1) is 26.6. The van der Waals surface area contributed by atoms with Gasteiger partial charge in [0.25, 0.3) is 11.5 Å². The van der Waals surface area contributed by atoms with Crippen molar-refractivity contribution in [3.8, 4) is 11.6 Å². The van der Waals surface area contributed by atoms with Gasteiger partial charge in [-0.1, -0.05) is 19.4 Å². The van der Waals surface area contributed by atoms with E-state index in [1.807, 2.05) is 6.92 Å². The number of benzene rings is 1. The fourth-order valence-corrected chi connectivity index (χ4v) is 3.78. The van der Waals surface area contributed by atoms with E-state index in [9.17, 15) is 28.4 Å². The Labute approximate surface area is 215 Å². The zero-order chi connectivity index (χ0) is 27.2. The van der Waals surface area contributed by atoms with Crippen LogP contribution in [0.1, 0.15) is 66.0 Å². The molecule has 1 aromatic carbocycles. The highest BCUT2D eigenvalue weighted by Gasteiger charge is 2.25. The van der Waals surface area contributed by atoms with Crippen molar-refractivity contribution in [2.45, 2.75) is 45.3 Å². The molecule has 0 aliphatic carbocycles. The van der Waals surface area contributed by atoms with Gasteiger partial charge in [0.15, 0.2) is 0 Å². The first-order valence-electron chi connectivity index (χ1n) is 12.0. The number of esters is 2. The normalized spacial score (nSPS) is 14.7. The predicted octanol–water partition coefficient (Wildman–Crippen LogP) is 2.86. The lowest BCUT2D eigenvalue weighted by atomic mass is 10.1. The van der Waals surface area contributed by atoms with E-state index in [1.54, 1.807) is 0 Å². The molecule has 2 aromatic heterocycles. The fraction of sp³-hybridized carbons (Fsp3) is 0.308. The maximum atomic E-state index is 14.4. The SMILES string of the molecule is CCCCC(=O)Oc1ccnc(OC(=O)c2cccc(C(=O)n3c(=O)c(F)cn(C4CCCO4)c3=O)c2)c1. The lowest BCUT2D eigenvalue weighted by Gasteiger charge is -2.15. The molecule has 3 heterocycles. The molecule has 1 saturated heterocycles. The third-order valence-corrected chi connectivity index (χ3v) is 5.71. The van der Waals surface area contributed by atoms with Gasteiger partial charge in [-0.3, -0.25) is 19.0 Å². The van der Waals surface area contributed by atoms with E-state index in [0.717, 1.165) is 23.3 Å². The first-order valence-corrected chi connectivity index (χ1v) is 12.0. The number of halogens is 1. The Bertz CT molecular complexity index is 1490. The van der Waals surface area contributed by atoms with Gasteiger partial charge in [-0.25, -0.2) is 14.6 Å². The monoisotopic (exact) mass is 525 g/mol. The van der Waals surface area contributed by atoms with Gasteiger partial charge in [-0.2, -0.15) is 8.96 Å². The number of ether oxygens (including phenoxy) is 3. The minimum absolute atomic E-state index is 0.105. The number of hydrogen-bond acceptors (Lipinski definition) is 9. The molecule has 1 atom stereocenters. The third-order valence-electron chi connectivity index (χ3n) is 5.71. The fourth-order valence-electron chi connectivity index (χ4n) is 3.78. The Hall–Kier alpha value is -4.45. The van der Waals surface area contributed by atoms with E-state index in [0.29, 0.717) is 25.9 Å². The van der Waals surface area contributed by atoms with Crippen LogP contribution in [-0.2, 0) is 9.53 Å². The van der Waals surface area contributed by atoms with Crippen molar-refractivity contribution in [1.82, 2.24) is 14.1 Å². The Kier molecular flexibility index (Phi) is 8.22. The van der Waals surface area contributed by atoms with Crippen molar-refractivity contribution < 1.29 is 33.0 Å². The second-order valence-electron chi connectivity index (χ2n) is 8.46. The van der Waals surface area contributed by atoms with Crippen LogP contribution in [0.4, 0.5) is 4.39 Å². The molecule has 0 N–H and O–H groups in total. The highest BCUT2D eigenvalue weighted by atomic mass is 19.1. The zero-order valence-electron chi connectivity index (χ0n) is 20.4. The van der Waals surface area contributed by atoms with Gasteiger partial charge >= 0.3 is 17.6 Å². The Morgan fingerprint density at radius 1 is 1.13 bits per heavy atom. The maximum Gasteiger partial charge on any atom is 0.344 e. The molecule has 4 rings (SSSR count). The molecule has 1 aliphatic heterocycles. The maximum absolute atomic E-state index is 14.4. The standard InChI is InChI=1S/C26H24FN3O8/c1-2-3-9-22(31)37-18-10-11-28-20(14-18)38-25(34)17-7-4-6-16(13-17)23(32)30-24(33)19(27)15-29(26(30)35)21-8-5-12-36-21/h4,6-7,10-11,13-15,21H,2-3,5,8-9,12H2,1H3. The Balaban J connectivity index is 1.55. The summed E-state index contributed by atoms with van der Waals surface area (Å²) < 4.78 is 31.2. The zero-order valence-corrected chi connectivity index (χ0v) is 20.4. The summed E-state index contributed by atoms with van der Waals surface area (Å²) in [5.74, 6) is -3.79. The molecule has 198 valence electrons. The smallest absolute Gasteiger partial charge is 0.344 e. The van der Waals surface area contributed by atoms with Crippen LogP contribution in [0.25, 0.3) is 0 Å². The molecule has 1 aliphatic rings. The minimum Gasteiger partial charge on any atom is -0.426 e. The number of hydrogen-bond donors (Lipinski definition) is 0. The quantitative estimate of drug-likeness (QED) is 0.407. The van der Waals surface area contributed by atoms with Crippen LogP contribution in [0.3, 0.4) is 0 Å². The topological polar surface area (TPSA) is 136 Å². The lowest BCUT2D eigenvalue weighted by molar-refractivity contribution is -0.134. The van der Waals surface area contributed by atoms with E-state index < -0.39 is 41.1 Å². The van der Waals surface area contributed by atoms with Crippen LogP contribution in [-0.4, -0.2) is 38.6 Å². The van der Waals surface area contributed by atoms with Crippen LogP contribution >= 0.6 is 0 Å². The van der Waals surface area contributed by atoms with E-state index >= 15 is 0 Å². The second-order valence-corrected chi connectivity index (χ2v) is 8.46. The molecule has 38 heavy (non-hydrogen) atoms. The lowest BCUT2D eigenvalue weighted by Crippen LogP contribution is -2.46. The summed E-state index contributed by atoms with van der Waals surface area (Å²) in [6.45, 7) is 2.30. The van der Waals surface area contributed by atoms with Crippen molar-refractivity contribution >= 4 is 17.8 Å². The van der Waals surface area contributed by atoms with Crippen LogP contribution in [0.15, 0.2) is 58.4 Å². The van der Waals surface area contributed by atoms with Gasteiger partial charge < -0.3 is 14.2 Å². The summed E-state index contributed by atoms with van der Waals surface area (Å²) >= 11 is 0. The number of aromatic nitrogens is 3. The summed E-state index contributed by atoms with van der Waals surface area (Å²) in [5, 5.41) is 0.